The molecule has 0 rings (SSSR count). The minimum Gasteiger partial charge on any atom is -0.415 e. The number of hydrogen-bond donors (Lipinski definition) is 0. The van der Waals surface area contributed by atoms with Gasteiger partial charge in [-0.1, -0.05) is 0 Å². The zero-order valence-corrected chi connectivity index (χ0v) is 22.2. The van der Waals surface area contributed by atoms with E-state index in [-0.39, 0.29) is 12.2 Å². The Morgan fingerprint density at radius 3 is 0.875 bits per heavy atom. The summed E-state index contributed by atoms with van der Waals surface area (Å²) in [6.07, 6.45) is -0.0991. The predicted molar refractivity (Wildman–Crippen MR) is 115 cm³/mol. The van der Waals surface area contributed by atoms with Gasteiger partial charge >= 0.3 is 0 Å². The van der Waals surface area contributed by atoms with Gasteiger partial charge in [-0.15, -0.1) is 0 Å². The standard InChI is InChI=1S/C16H42O4Si4/c1-21(2,3)17-13-15(19-23(7,8)9)16(20-24(10,11)12)14-18-22(4,5)6/h15-16H,13-14H2,1-12H3/t15-,16+. The summed E-state index contributed by atoms with van der Waals surface area (Å²) in [5.74, 6) is 0. The second-order valence-electron chi connectivity index (χ2n) is 10.4. The summed E-state index contributed by atoms with van der Waals surface area (Å²) in [5.41, 5.74) is 0. The highest BCUT2D eigenvalue weighted by Crippen LogP contribution is 2.20. The van der Waals surface area contributed by atoms with Crippen LogP contribution in [0.4, 0.5) is 0 Å². The lowest BCUT2D eigenvalue weighted by Gasteiger charge is -2.38. The van der Waals surface area contributed by atoms with E-state index in [1.54, 1.807) is 0 Å². The van der Waals surface area contributed by atoms with Crippen molar-refractivity contribution in [2.45, 2.75) is 90.8 Å². The molecule has 0 unspecified atom stereocenters. The smallest absolute Gasteiger partial charge is 0.184 e. The molecule has 0 aromatic heterocycles. The Morgan fingerprint density at radius 1 is 0.458 bits per heavy atom. The quantitative estimate of drug-likeness (QED) is 0.442. The Bertz CT molecular complexity index is 328. The molecule has 0 aliphatic carbocycles. The van der Waals surface area contributed by atoms with Crippen molar-refractivity contribution in [3.05, 3.63) is 0 Å². The lowest BCUT2D eigenvalue weighted by molar-refractivity contribution is -0.0121. The summed E-state index contributed by atoms with van der Waals surface area (Å²) in [7, 11) is -6.61. The lowest BCUT2D eigenvalue weighted by atomic mass is 10.2. The molecular weight excluding hydrogens is 369 g/mol. The maximum absolute atomic E-state index is 6.48. The van der Waals surface area contributed by atoms with Crippen molar-refractivity contribution in [3.63, 3.8) is 0 Å². The van der Waals surface area contributed by atoms with Crippen molar-refractivity contribution >= 4 is 33.3 Å². The van der Waals surface area contributed by atoms with Crippen LogP contribution >= 0.6 is 0 Å². The molecule has 0 amide bonds. The summed E-state index contributed by atoms with van der Waals surface area (Å²) < 4.78 is 25.3. The van der Waals surface area contributed by atoms with E-state index >= 15 is 0 Å². The summed E-state index contributed by atoms with van der Waals surface area (Å²) in [6, 6.07) is 0. The van der Waals surface area contributed by atoms with Crippen LogP contribution in [0.3, 0.4) is 0 Å². The number of rotatable bonds is 11. The molecule has 0 bridgehead atoms. The van der Waals surface area contributed by atoms with E-state index in [1.165, 1.54) is 0 Å². The van der Waals surface area contributed by atoms with Crippen molar-refractivity contribution in [2.75, 3.05) is 13.2 Å². The number of hydrogen-bond acceptors (Lipinski definition) is 4. The third-order valence-electron chi connectivity index (χ3n) is 2.79. The normalized spacial score (nSPS) is 17.0. The highest BCUT2D eigenvalue weighted by molar-refractivity contribution is 6.71. The highest BCUT2D eigenvalue weighted by Gasteiger charge is 2.34. The van der Waals surface area contributed by atoms with Crippen LogP contribution in [0, 0.1) is 0 Å². The first-order valence-electron chi connectivity index (χ1n) is 9.02. The van der Waals surface area contributed by atoms with E-state index in [0.29, 0.717) is 13.2 Å². The van der Waals surface area contributed by atoms with Gasteiger partial charge in [-0.05, 0) is 78.6 Å². The maximum atomic E-state index is 6.48. The molecule has 2 atom stereocenters. The Balaban J connectivity index is 5.26. The van der Waals surface area contributed by atoms with Gasteiger partial charge < -0.3 is 17.7 Å². The van der Waals surface area contributed by atoms with Gasteiger partial charge in [0.05, 0.1) is 25.4 Å². The minimum atomic E-state index is -1.70. The molecule has 0 fully saturated rings. The molecule has 0 spiro atoms. The average Bonchev–Trinajstić information content (AvgIpc) is 2.25. The van der Waals surface area contributed by atoms with Gasteiger partial charge in [0.15, 0.2) is 33.3 Å². The van der Waals surface area contributed by atoms with Crippen LogP contribution in [0.5, 0.6) is 0 Å². The van der Waals surface area contributed by atoms with Crippen molar-refractivity contribution in [2.24, 2.45) is 0 Å². The molecule has 0 saturated heterocycles. The fraction of sp³-hybridized carbons (Fsp3) is 1.00. The van der Waals surface area contributed by atoms with E-state index in [0.717, 1.165) is 0 Å². The summed E-state index contributed by atoms with van der Waals surface area (Å²) >= 11 is 0. The second-order valence-corrected chi connectivity index (χ2v) is 28.3. The summed E-state index contributed by atoms with van der Waals surface area (Å²) in [5, 5.41) is 0. The van der Waals surface area contributed by atoms with Gasteiger partial charge in [0, 0.05) is 0 Å². The van der Waals surface area contributed by atoms with Crippen LogP contribution in [-0.4, -0.2) is 58.7 Å². The molecule has 0 radical (unpaired) electrons. The minimum absolute atomic E-state index is 0.0496. The first-order valence-corrected chi connectivity index (χ1v) is 22.6. The van der Waals surface area contributed by atoms with Crippen LogP contribution in [0.1, 0.15) is 0 Å². The van der Waals surface area contributed by atoms with E-state index < -0.39 is 33.3 Å². The fourth-order valence-electron chi connectivity index (χ4n) is 2.01. The van der Waals surface area contributed by atoms with E-state index in [4.69, 9.17) is 17.7 Å². The average molecular weight is 411 g/mol. The molecule has 0 aromatic rings. The van der Waals surface area contributed by atoms with Gasteiger partial charge in [0.2, 0.25) is 0 Å². The summed E-state index contributed by atoms with van der Waals surface area (Å²) in [4.78, 5) is 0. The van der Waals surface area contributed by atoms with Crippen LogP contribution in [0.25, 0.3) is 0 Å². The molecular formula is C16H42O4Si4. The molecule has 8 heteroatoms. The van der Waals surface area contributed by atoms with Gasteiger partial charge in [0.1, 0.15) is 0 Å². The molecule has 0 aliphatic heterocycles. The molecule has 0 aromatic carbocycles. The van der Waals surface area contributed by atoms with Gasteiger partial charge in [-0.2, -0.15) is 0 Å². The molecule has 0 N–H and O–H groups in total. The Hall–Kier alpha value is 0.708. The van der Waals surface area contributed by atoms with Gasteiger partial charge in [-0.25, -0.2) is 0 Å². The summed E-state index contributed by atoms with van der Waals surface area (Å²) in [6.45, 7) is 27.8. The topological polar surface area (TPSA) is 36.9 Å². The third kappa shape index (κ3) is 15.0. The van der Waals surface area contributed by atoms with Crippen LogP contribution in [0.2, 0.25) is 78.6 Å². The Morgan fingerprint density at radius 2 is 0.708 bits per heavy atom. The van der Waals surface area contributed by atoms with Crippen molar-refractivity contribution in [1.82, 2.24) is 0 Å². The Kier molecular flexibility index (Phi) is 9.34. The van der Waals surface area contributed by atoms with E-state index in [9.17, 15) is 0 Å². The predicted octanol–water partition coefficient (Wildman–Crippen LogP) is 5.13. The fourth-order valence-corrected chi connectivity index (χ4v) is 5.59. The molecule has 4 nitrogen and oxygen atoms in total. The van der Waals surface area contributed by atoms with Crippen LogP contribution < -0.4 is 0 Å². The van der Waals surface area contributed by atoms with Crippen LogP contribution in [-0.2, 0) is 17.7 Å². The zero-order chi connectivity index (χ0) is 19.4. The molecule has 146 valence electrons. The molecule has 24 heavy (non-hydrogen) atoms. The monoisotopic (exact) mass is 410 g/mol. The SMILES string of the molecule is C[Si](C)(C)OC[C@H](O[Si](C)(C)C)[C@@H](CO[Si](C)(C)C)O[Si](C)(C)C. The van der Waals surface area contributed by atoms with Gasteiger partial charge in [-0.3, -0.25) is 0 Å². The lowest BCUT2D eigenvalue weighted by Crippen LogP contribution is -2.51. The van der Waals surface area contributed by atoms with Crippen molar-refractivity contribution in [3.8, 4) is 0 Å². The second kappa shape index (κ2) is 9.07. The van der Waals surface area contributed by atoms with E-state index in [1.807, 2.05) is 0 Å². The molecule has 0 saturated carbocycles. The Labute approximate surface area is 155 Å². The molecule has 0 heterocycles. The maximum Gasteiger partial charge on any atom is 0.184 e. The van der Waals surface area contributed by atoms with Gasteiger partial charge in [0.25, 0.3) is 0 Å². The molecule has 0 aliphatic rings. The van der Waals surface area contributed by atoms with Crippen molar-refractivity contribution < 1.29 is 17.7 Å². The van der Waals surface area contributed by atoms with Crippen molar-refractivity contribution in [1.29, 1.82) is 0 Å². The van der Waals surface area contributed by atoms with Crippen LogP contribution in [0.15, 0.2) is 0 Å². The first-order chi connectivity index (χ1) is 10.4. The largest absolute Gasteiger partial charge is 0.415 e. The first kappa shape index (κ1) is 24.7. The third-order valence-corrected chi connectivity index (χ3v) is 6.87. The zero-order valence-electron chi connectivity index (χ0n) is 18.2. The highest BCUT2D eigenvalue weighted by atomic mass is 28.4. The van der Waals surface area contributed by atoms with E-state index in [2.05, 4.69) is 78.6 Å².